The van der Waals surface area contributed by atoms with Crippen molar-refractivity contribution in [2.24, 2.45) is 0 Å². The van der Waals surface area contributed by atoms with Crippen LogP contribution in [-0.2, 0) is 5.54 Å². The second kappa shape index (κ2) is 5.26. The lowest BCUT2D eigenvalue weighted by molar-refractivity contribution is 0.0996. The number of hydrogen-bond donors (Lipinski definition) is 1. The minimum atomic E-state index is -0.260. The largest absolute Gasteiger partial charge is 0.450 e. The van der Waals surface area contributed by atoms with Crippen LogP contribution in [0.15, 0.2) is 34.9 Å². The summed E-state index contributed by atoms with van der Waals surface area (Å²) < 4.78 is 7.61. The van der Waals surface area contributed by atoms with Crippen LogP contribution in [0.2, 0.25) is 0 Å². The lowest BCUT2D eigenvalue weighted by Crippen LogP contribution is -2.26. The number of benzene rings is 1. The quantitative estimate of drug-likeness (QED) is 0.769. The first kappa shape index (κ1) is 15.3. The topological polar surface area (TPSA) is 60.1 Å². The lowest BCUT2D eigenvalue weighted by atomic mass is 10.1. The van der Waals surface area contributed by atoms with E-state index in [0.717, 1.165) is 22.1 Å². The fourth-order valence-corrected chi connectivity index (χ4v) is 2.71. The number of carbonyl (C=O) groups is 1. The maximum atomic E-state index is 12.6. The number of aromatic nitrogens is 2. The highest BCUT2D eigenvalue weighted by Gasteiger charge is 2.22. The van der Waals surface area contributed by atoms with Gasteiger partial charge in [-0.15, -0.1) is 0 Å². The second-order valence-electron chi connectivity index (χ2n) is 6.76. The molecule has 3 rings (SSSR count). The predicted molar refractivity (Wildman–Crippen MR) is 90.9 cm³/mol. The SMILES string of the molecule is Cc1c(C(=O)Nc2ccnn2C(C)(C)C)oc2c(C)cccc12. The minimum Gasteiger partial charge on any atom is -0.450 e. The van der Waals surface area contributed by atoms with E-state index in [9.17, 15) is 4.79 Å². The van der Waals surface area contributed by atoms with E-state index in [1.54, 1.807) is 16.9 Å². The van der Waals surface area contributed by atoms with Crippen LogP contribution in [0, 0.1) is 13.8 Å². The van der Waals surface area contributed by atoms with Gasteiger partial charge in [0, 0.05) is 17.0 Å². The van der Waals surface area contributed by atoms with Gasteiger partial charge in [-0.25, -0.2) is 4.68 Å². The van der Waals surface area contributed by atoms with E-state index in [4.69, 9.17) is 4.42 Å². The monoisotopic (exact) mass is 311 g/mol. The van der Waals surface area contributed by atoms with Crippen molar-refractivity contribution in [2.75, 3.05) is 5.32 Å². The summed E-state index contributed by atoms with van der Waals surface area (Å²) in [6, 6.07) is 7.70. The molecule has 2 heterocycles. The third kappa shape index (κ3) is 2.63. The number of aryl methyl sites for hydroxylation is 2. The smallest absolute Gasteiger partial charge is 0.292 e. The molecule has 0 unspecified atom stereocenters. The van der Waals surface area contributed by atoms with E-state index in [1.165, 1.54) is 0 Å². The fraction of sp³-hybridized carbons (Fsp3) is 0.333. The van der Waals surface area contributed by atoms with E-state index < -0.39 is 0 Å². The van der Waals surface area contributed by atoms with Gasteiger partial charge in [-0.05, 0) is 40.2 Å². The zero-order valence-corrected chi connectivity index (χ0v) is 14.1. The Kier molecular flexibility index (Phi) is 3.51. The molecule has 0 atom stereocenters. The van der Waals surface area contributed by atoms with Crippen molar-refractivity contribution in [3.8, 4) is 0 Å². The molecule has 1 aromatic carbocycles. The fourth-order valence-electron chi connectivity index (χ4n) is 2.71. The van der Waals surface area contributed by atoms with Gasteiger partial charge in [-0.3, -0.25) is 4.79 Å². The maximum Gasteiger partial charge on any atom is 0.292 e. The predicted octanol–water partition coefficient (Wildman–Crippen LogP) is 4.25. The molecule has 1 amide bonds. The molecule has 0 saturated carbocycles. The Morgan fingerprint density at radius 3 is 2.61 bits per heavy atom. The summed E-state index contributed by atoms with van der Waals surface area (Å²) in [5.41, 5.74) is 2.41. The first-order valence-corrected chi connectivity index (χ1v) is 7.63. The number of carbonyl (C=O) groups excluding carboxylic acids is 1. The third-order valence-corrected chi connectivity index (χ3v) is 3.89. The van der Waals surface area contributed by atoms with E-state index in [1.807, 2.05) is 52.8 Å². The molecule has 2 aromatic heterocycles. The minimum absolute atomic E-state index is 0.217. The summed E-state index contributed by atoms with van der Waals surface area (Å²) in [5, 5.41) is 8.16. The van der Waals surface area contributed by atoms with Crippen LogP contribution >= 0.6 is 0 Å². The van der Waals surface area contributed by atoms with Crippen LogP contribution in [0.5, 0.6) is 0 Å². The Balaban J connectivity index is 1.98. The summed E-state index contributed by atoms with van der Waals surface area (Å²) in [4.78, 5) is 12.6. The van der Waals surface area contributed by atoms with Crippen molar-refractivity contribution in [3.05, 3.63) is 47.3 Å². The Bertz CT molecular complexity index is 881. The van der Waals surface area contributed by atoms with Gasteiger partial charge in [0.2, 0.25) is 0 Å². The zero-order valence-electron chi connectivity index (χ0n) is 14.1. The number of para-hydroxylation sites is 1. The number of fused-ring (bicyclic) bond motifs is 1. The van der Waals surface area contributed by atoms with E-state index in [0.29, 0.717) is 11.6 Å². The molecule has 0 aliphatic rings. The van der Waals surface area contributed by atoms with E-state index in [-0.39, 0.29) is 11.4 Å². The number of nitrogens with zero attached hydrogens (tertiary/aromatic N) is 2. The second-order valence-corrected chi connectivity index (χ2v) is 6.76. The van der Waals surface area contributed by atoms with Crippen molar-refractivity contribution in [1.82, 2.24) is 9.78 Å². The van der Waals surface area contributed by atoms with Crippen LogP contribution in [0.1, 0.15) is 42.5 Å². The highest BCUT2D eigenvalue weighted by molar-refractivity contribution is 6.06. The molecule has 3 aromatic rings. The molecule has 0 fully saturated rings. The zero-order chi connectivity index (χ0) is 16.8. The van der Waals surface area contributed by atoms with Gasteiger partial charge in [0.25, 0.3) is 5.91 Å². The summed E-state index contributed by atoms with van der Waals surface area (Å²) in [6.07, 6.45) is 1.68. The maximum absolute atomic E-state index is 12.6. The summed E-state index contributed by atoms with van der Waals surface area (Å²) >= 11 is 0. The molecule has 23 heavy (non-hydrogen) atoms. The average Bonchev–Trinajstić information content (AvgIpc) is 3.05. The molecular weight excluding hydrogens is 290 g/mol. The van der Waals surface area contributed by atoms with Gasteiger partial charge in [0.1, 0.15) is 11.4 Å². The Morgan fingerprint density at radius 2 is 1.96 bits per heavy atom. The van der Waals surface area contributed by atoms with Gasteiger partial charge in [-0.2, -0.15) is 5.10 Å². The number of anilines is 1. The Labute approximate surface area is 135 Å². The van der Waals surface area contributed by atoms with Crippen molar-refractivity contribution in [3.63, 3.8) is 0 Å². The summed E-state index contributed by atoms with van der Waals surface area (Å²) in [5.74, 6) is 0.735. The van der Waals surface area contributed by atoms with Gasteiger partial charge in [-0.1, -0.05) is 18.2 Å². The molecule has 1 N–H and O–H groups in total. The molecule has 120 valence electrons. The average molecular weight is 311 g/mol. The molecule has 0 bridgehead atoms. The van der Waals surface area contributed by atoms with Crippen LogP contribution < -0.4 is 5.32 Å². The van der Waals surface area contributed by atoms with Crippen molar-refractivity contribution in [1.29, 1.82) is 0 Å². The third-order valence-electron chi connectivity index (χ3n) is 3.89. The van der Waals surface area contributed by atoms with Crippen LogP contribution in [0.3, 0.4) is 0 Å². The lowest BCUT2D eigenvalue weighted by Gasteiger charge is -2.22. The highest BCUT2D eigenvalue weighted by atomic mass is 16.3. The number of amides is 1. The van der Waals surface area contributed by atoms with E-state index in [2.05, 4.69) is 10.4 Å². The van der Waals surface area contributed by atoms with Crippen molar-refractivity contribution in [2.45, 2.75) is 40.2 Å². The van der Waals surface area contributed by atoms with Gasteiger partial charge < -0.3 is 9.73 Å². The number of hydrogen-bond acceptors (Lipinski definition) is 3. The number of furan rings is 1. The van der Waals surface area contributed by atoms with E-state index >= 15 is 0 Å². The molecule has 5 heteroatoms. The number of rotatable bonds is 2. The summed E-state index contributed by atoms with van der Waals surface area (Å²) in [6.45, 7) is 9.98. The van der Waals surface area contributed by atoms with Crippen molar-refractivity contribution < 1.29 is 9.21 Å². The van der Waals surface area contributed by atoms with Gasteiger partial charge in [0.15, 0.2) is 5.76 Å². The molecular formula is C18H21N3O2. The highest BCUT2D eigenvalue weighted by Crippen LogP contribution is 2.28. The van der Waals surface area contributed by atoms with Crippen molar-refractivity contribution >= 4 is 22.7 Å². The van der Waals surface area contributed by atoms with Gasteiger partial charge in [0.05, 0.1) is 11.7 Å². The number of nitrogens with one attached hydrogen (secondary N) is 1. The van der Waals surface area contributed by atoms with Crippen LogP contribution in [-0.4, -0.2) is 15.7 Å². The Morgan fingerprint density at radius 1 is 1.22 bits per heavy atom. The normalized spacial score (nSPS) is 11.9. The Hall–Kier alpha value is -2.56. The molecule has 0 aliphatic carbocycles. The first-order valence-electron chi connectivity index (χ1n) is 7.63. The van der Waals surface area contributed by atoms with Gasteiger partial charge >= 0.3 is 0 Å². The van der Waals surface area contributed by atoms with Crippen LogP contribution in [0.25, 0.3) is 11.0 Å². The molecule has 0 radical (unpaired) electrons. The standard InChI is InChI=1S/C18H21N3O2/c1-11-7-6-8-13-12(2)16(23-15(11)13)17(22)20-14-9-10-19-21(14)18(3,4)5/h6-10H,1-5H3,(H,20,22). The molecule has 0 aliphatic heterocycles. The first-order chi connectivity index (χ1) is 10.8. The molecule has 0 saturated heterocycles. The summed E-state index contributed by atoms with van der Waals surface area (Å²) in [7, 11) is 0. The molecule has 0 spiro atoms. The van der Waals surface area contributed by atoms with Crippen LogP contribution in [0.4, 0.5) is 5.82 Å². The molecule has 5 nitrogen and oxygen atoms in total.